The van der Waals surface area contributed by atoms with Crippen LogP contribution in [0, 0.1) is 0 Å². The number of thiazole rings is 1. The summed E-state index contributed by atoms with van der Waals surface area (Å²) in [6, 6.07) is 3.75. The van der Waals surface area contributed by atoms with Gasteiger partial charge in [0.2, 0.25) is 0 Å². The van der Waals surface area contributed by atoms with Crippen LogP contribution in [0.25, 0.3) is 22.7 Å². The van der Waals surface area contributed by atoms with Gasteiger partial charge in [0.25, 0.3) is 5.91 Å². The standard InChI is InChI=1S/C13H11N5OS/c14-11(19)9(10-6-20-13(15)18-10)4-7-5-17-12-8(7)2-1-3-16-12/h1-6H,(H2,14,19)(H2,15,18)(H,16,17)/b9-4-. The summed E-state index contributed by atoms with van der Waals surface area (Å²) in [5.41, 5.74) is 13.4. The van der Waals surface area contributed by atoms with Gasteiger partial charge in [0.05, 0.1) is 11.3 Å². The molecule has 100 valence electrons. The van der Waals surface area contributed by atoms with Gasteiger partial charge in [0.15, 0.2) is 5.13 Å². The van der Waals surface area contributed by atoms with Crippen LogP contribution < -0.4 is 11.5 Å². The molecule has 0 aromatic carbocycles. The first-order valence-corrected chi connectivity index (χ1v) is 6.68. The van der Waals surface area contributed by atoms with Gasteiger partial charge in [0.1, 0.15) is 5.65 Å². The molecule has 7 heteroatoms. The number of carbonyl (C=O) groups excluding carboxylic acids is 1. The molecule has 5 N–H and O–H groups in total. The van der Waals surface area contributed by atoms with Crippen molar-refractivity contribution in [1.82, 2.24) is 15.0 Å². The molecule has 20 heavy (non-hydrogen) atoms. The number of nitrogens with two attached hydrogens (primary N) is 2. The fraction of sp³-hybridized carbons (Fsp3) is 0. The Morgan fingerprint density at radius 2 is 2.30 bits per heavy atom. The van der Waals surface area contributed by atoms with Gasteiger partial charge in [0, 0.05) is 28.7 Å². The number of nitrogens with one attached hydrogen (secondary N) is 1. The van der Waals surface area contributed by atoms with E-state index in [0.29, 0.717) is 16.4 Å². The Bertz CT molecular complexity index is 817. The third-order valence-corrected chi connectivity index (χ3v) is 3.52. The lowest BCUT2D eigenvalue weighted by molar-refractivity contribution is -0.112. The maximum absolute atomic E-state index is 11.6. The minimum absolute atomic E-state index is 0.322. The normalized spacial score (nSPS) is 11.9. The van der Waals surface area contributed by atoms with Gasteiger partial charge in [-0.3, -0.25) is 4.79 Å². The van der Waals surface area contributed by atoms with E-state index < -0.39 is 5.91 Å². The smallest absolute Gasteiger partial charge is 0.250 e. The average Bonchev–Trinajstić information content (AvgIpc) is 3.02. The zero-order valence-electron chi connectivity index (χ0n) is 10.3. The predicted molar refractivity (Wildman–Crippen MR) is 79.7 cm³/mol. The van der Waals surface area contributed by atoms with E-state index in [0.717, 1.165) is 16.6 Å². The predicted octanol–water partition coefficient (Wildman–Crippen LogP) is 1.63. The molecule has 0 atom stereocenters. The van der Waals surface area contributed by atoms with Crippen molar-refractivity contribution in [2.75, 3.05) is 5.73 Å². The van der Waals surface area contributed by atoms with Crippen molar-refractivity contribution in [1.29, 1.82) is 0 Å². The van der Waals surface area contributed by atoms with E-state index in [9.17, 15) is 4.79 Å². The summed E-state index contributed by atoms with van der Waals surface area (Å²) < 4.78 is 0. The number of nitrogens with zero attached hydrogens (tertiary/aromatic N) is 2. The minimum Gasteiger partial charge on any atom is -0.375 e. The van der Waals surface area contributed by atoms with E-state index in [2.05, 4.69) is 15.0 Å². The number of aromatic amines is 1. The monoisotopic (exact) mass is 285 g/mol. The van der Waals surface area contributed by atoms with Gasteiger partial charge in [-0.05, 0) is 18.2 Å². The zero-order chi connectivity index (χ0) is 14.1. The summed E-state index contributed by atoms with van der Waals surface area (Å²) in [4.78, 5) is 23.0. The second kappa shape index (κ2) is 4.78. The summed E-state index contributed by atoms with van der Waals surface area (Å²) in [5.74, 6) is -0.548. The first kappa shape index (κ1) is 12.4. The van der Waals surface area contributed by atoms with E-state index in [4.69, 9.17) is 11.5 Å². The molecule has 0 saturated heterocycles. The second-order valence-electron chi connectivity index (χ2n) is 4.14. The van der Waals surface area contributed by atoms with Gasteiger partial charge in [-0.15, -0.1) is 11.3 Å². The number of anilines is 1. The van der Waals surface area contributed by atoms with Crippen molar-refractivity contribution in [2.45, 2.75) is 0 Å². The Morgan fingerprint density at radius 1 is 1.45 bits per heavy atom. The van der Waals surface area contributed by atoms with Crippen molar-refractivity contribution in [3.05, 3.63) is 41.2 Å². The van der Waals surface area contributed by atoms with Crippen molar-refractivity contribution in [3.63, 3.8) is 0 Å². The number of amides is 1. The quantitative estimate of drug-likeness (QED) is 0.635. The summed E-state index contributed by atoms with van der Waals surface area (Å²) in [5, 5.41) is 3.01. The molecule has 1 amide bonds. The Hall–Kier alpha value is -2.67. The van der Waals surface area contributed by atoms with Gasteiger partial charge in [-0.1, -0.05) is 0 Å². The first-order valence-electron chi connectivity index (χ1n) is 5.80. The molecule has 6 nitrogen and oxygen atoms in total. The molecular formula is C13H11N5OS. The highest BCUT2D eigenvalue weighted by molar-refractivity contribution is 7.13. The highest BCUT2D eigenvalue weighted by atomic mass is 32.1. The topological polar surface area (TPSA) is 111 Å². The fourth-order valence-corrected chi connectivity index (χ4v) is 2.50. The van der Waals surface area contributed by atoms with Crippen LogP contribution in [0.1, 0.15) is 11.3 Å². The van der Waals surface area contributed by atoms with Gasteiger partial charge >= 0.3 is 0 Å². The molecule has 0 aliphatic carbocycles. The van der Waals surface area contributed by atoms with Crippen LogP contribution in [0.15, 0.2) is 29.9 Å². The zero-order valence-corrected chi connectivity index (χ0v) is 11.1. The number of primary amides is 1. The third-order valence-electron chi connectivity index (χ3n) is 2.85. The molecule has 0 radical (unpaired) electrons. The van der Waals surface area contributed by atoms with E-state index in [1.165, 1.54) is 11.3 Å². The maximum atomic E-state index is 11.6. The van der Waals surface area contributed by atoms with Crippen LogP contribution in [0.5, 0.6) is 0 Å². The lowest BCUT2D eigenvalue weighted by Gasteiger charge is -1.99. The van der Waals surface area contributed by atoms with Crippen LogP contribution in [0.4, 0.5) is 5.13 Å². The molecule has 0 unspecified atom stereocenters. The minimum atomic E-state index is -0.548. The molecule has 0 aliphatic rings. The number of aromatic nitrogens is 3. The van der Waals surface area contributed by atoms with Crippen molar-refractivity contribution < 1.29 is 4.79 Å². The van der Waals surface area contributed by atoms with E-state index in [1.807, 2.05) is 12.1 Å². The van der Waals surface area contributed by atoms with E-state index in [1.54, 1.807) is 23.8 Å². The van der Waals surface area contributed by atoms with Crippen molar-refractivity contribution >= 4 is 45.1 Å². The first-order chi connectivity index (χ1) is 9.65. The van der Waals surface area contributed by atoms with Gasteiger partial charge in [-0.2, -0.15) is 0 Å². The molecule has 3 heterocycles. The summed E-state index contributed by atoms with van der Waals surface area (Å²) in [7, 11) is 0. The number of nitrogen functional groups attached to an aromatic ring is 1. The van der Waals surface area contributed by atoms with Crippen LogP contribution in [-0.4, -0.2) is 20.9 Å². The van der Waals surface area contributed by atoms with Crippen LogP contribution in [-0.2, 0) is 4.79 Å². The highest BCUT2D eigenvalue weighted by Gasteiger charge is 2.13. The number of pyridine rings is 1. The number of rotatable bonds is 3. The molecule has 0 bridgehead atoms. The van der Waals surface area contributed by atoms with Gasteiger partial charge in [-0.25, -0.2) is 9.97 Å². The number of hydrogen-bond donors (Lipinski definition) is 3. The van der Waals surface area contributed by atoms with E-state index >= 15 is 0 Å². The molecule has 0 spiro atoms. The largest absolute Gasteiger partial charge is 0.375 e. The summed E-state index contributed by atoms with van der Waals surface area (Å²) >= 11 is 1.26. The van der Waals surface area contributed by atoms with Crippen LogP contribution in [0.3, 0.4) is 0 Å². The summed E-state index contributed by atoms with van der Waals surface area (Å²) in [6.07, 6.45) is 5.16. The number of H-pyrrole nitrogens is 1. The SMILES string of the molecule is NC(=O)/C(=C\c1c[nH]c2ncccc12)c1csc(N)n1. The fourth-order valence-electron chi connectivity index (χ4n) is 1.93. The van der Waals surface area contributed by atoms with Crippen LogP contribution in [0.2, 0.25) is 0 Å². The Kier molecular flexibility index (Phi) is 2.96. The lowest BCUT2D eigenvalue weighted by Crippen LogP contribution is -2.13. The molecule has 0 saturated carbocycles. The van der Waals surface area contributed by atoms with Crippen LogP contribution >= 0.6 is 11.3 Å². The number of fused-ring (bicyclic) bond motifs is 1. The van der Waals surface area contributed by atoms with Crippen molar-refractivity contribution in [2.24, 2.45) is 5.73 Å². The summed E-state index contributed by atoms with van der Waals surface area (Å²) in [6.45, 7) is 0. The third kappa shape index (κ3) is 2.14. The Morgan fingerprint density at radius 3 is 3.00 bits per heavy atom. The Balaban J connectivity index is 2.14. The maximum Gasteiger partial charge on any atom is 0.250 e. The van der Waals surface area contributed by atoms with E-state index in [-0.39, 0.29) is 0 Å². The molecular weight excluding hydrogens is 274 g/mol. The van der Waals surface area contributed by atoms with Crippen molar-refractivity contribution in [3.8, 4) is 0 Å². The molecule has 0 fully saturated rings. The Labute approximate surface area is 118 Å². The molecule has 3 aromatic rings. The number of hydrogen-bond acceptors (Lipinski definition) is 5. The second-order valence-corrected chi connectivity index (χ2v) is 5.03. The highest BCUT2D eigenvalue weighted by Crippen LogP contribution is 2.24. The molecule has 3 aromatic heterocycles. The number of carbonyl (C=O) groups is 1. The molecule has 0 aliphatic heterocycles. The molecule has 3 rings (SSSR count). The average molecular weight is 285 g/mol. The van der Waals surface area contributed by atoms with Gasteiger partial charge < -0.3 is 16.5 Å². The lowest BCUT2D eigenvalue weighted by atomic mass is 10.1.